The Bertz CT molecular complexity index is 1170. The summed E-state index contributed by atoms with van der Waals surface area (Å²) in [5.74, 6) is 0.667. The maximum Gasteiger partial charge on any atom is 0.266 e. The van der Waals surface area contributed by atoms with Crippen molar-refractivity contribution in [1.29, 1.82) is 0 Å². The first kappa shape index (κ1) is 16.3. The summed E-state index contributed by atoms with van der Waals surface area (Å²) < 4.78 is 1.74. The summed E-state index contributed by atoms with van der Waals surface area (Å²) >= 11 is 0. The third-order valence-corrected chi connectivity index (χ3v) is 4.68. The lowest BCUT2D eigenvalue weighted by molar-refractivity contribution is 0.963. The van der Waals surface area contributed by atoms with E-state index in [9.17, 15) is 4.79 Å². The highest BCUT2D eigenvalue weighted by molar-refractivity contribution is 5.80. The first-order valence-electron chi connectivity index (χ1n) is 8.71. The highest BCUT2D eigenvalue weighted by Crippen LogP contribution is 2.24. The average Bonchev–Trinajstić information content (AvgIpc) is 2.63. The van der Waals surface area contributed by atoms with Crippen LogP contribution in [-0.2, 0) is 0 Å². The van der Waals surface area contributed by atoms with E-state index in [4.69, 9.17) is 4.98 Å². The highest BCUT2D eigenvalue weighted by atomic mass is 16.1. The molecular formula is C23H20N2O. The lowest BCUT2D eigenvalue weighted by Crippen LogP contribution is -2.22. The van der Waals surface area contributed by atoms with E-state index in [0.717, 1.165) is 16.8 Å². The van der Waals surface area contributed by atoms with Crippen molar-refractivity contribution in [2.24, 2.45) is 0 Å². The van der Waals surface area contributed by atoms with Crippen molar-refractivity contribution >= 4 is 10.9 Å². The minimum atomic E-state index is -0.0434. The van der Waals surface area contributed by atoms with Gasteiger partial charge in [0.1, 0.15) is 5.82 Å². The van der Waals surface area contributed by atoms with Gasteiger partial charge in [0, 0.05) is 5.56 Å². The van der Waals surface area contributed by atoms with E-state index < -0.39 is 0 Å². The summed E-state index contributed by atoms with van der Waals surface area (Å²) in [4.78, 5) is 18.2. The molecule has 3 nitrogen and oxygen atoms in total. The molecule has 0 unspecified atom stereocenters. The van der Waals surface area contributed by atoms with Crippen LogP contribution in [0.3, 0.4) is 0 Å². The molecule has 0 radical (unpaired) electrons. The maximum absolute atomic E-state index is 13.4. The molecule has 0 fully saturated rings. The Morgan fingerprint density at radius 2 is 1.50 bits per heavy atom. The summed E-state index contributed by atoms with van der Waals surface area (Å²) in [5.41, 5.74) is 5.87. The Morgan fingerprint density at radius 1 is 0.808 bits per heavy atom. The quantitative estimate of drug-likeness (QED) is 0.516. The smallest absolute Gasteiger partial charge is 0.266 e. The van der Waals surface area contributed by atoms with Gasteiger partial charge in [-0.1, -0.05) is 59.7 Å². The first-order valence-corrected chi connectivity index (χ1v) is 8.71. The van der Waals surface area contributed by atoms with E-state index in [-0.39, 0.29) is 5.56 Å². The molecule has 0 atom stereocenters. The molecule has 3 aromatic carbocycles. The first-order chi connectivity index (χ1) is 12.5. The SMILES string of the molecule is Cc1ccc(-c2nc3ccccc3c(=O)n2-c2ccc(C)cc2C)cc1. The summed E-state index contributed by atoms with van der Waals surface area (Å²) in [7, 11) is 0. The average molecular weight is 340 g/mol. The predicted octanol–water partition coefficient (Wildman–Crippen LogP) is 4.98. The second-order valence-corrected chi connectivity index (χ2v) is 6.75. The van der Waals surface area contributed by atoms with Crippen molar-refractivity contribution in [3.8, 4) is 17.1 Å². The highest BCUT2D eigenvalue weighted by Gasteiger charge is 2.15. The molecule has 3 heteroatoms. The predicted molar refractivity (Wildman–Crippen MR) is 107 cm³/mol. The van der Waals surface area contributed by atoms with Gasteiger partial charge in [-0.3, -0.25) is 9.36 Å². The number of hydrogen-bond donors (Lipinski definition) is 0. The molecule has 1 aromatic heterocycles. The fourth-order valence-electron chi connectivity index (χ4n) is 3.31. The number of para-hydroxylation sites is 1. The number of aromatic nitrogens is 2. The summed E-state index contributed by atoms with van der Waals surface area (Å²) in [6, 6.07) is 21.8. The summed E-state index contributed by atoms with van der Waals surface area (Å²) in [6.45, 7) is 6.14. The van der Waals surface area contributed by atoms with Crippen LogP contribution in [0.25, 0.3) is 28.0 Å². The van der Waals surface area contributed by atoms with Crippen molar-refractivity contribution in [3.05, 3.63) is 93.8 Å². The molecule has 128 valence electrons. The molecule has 0 aliphatic carbocycles. The van der Waals surface area contributed by atoms with E-state index in [2.05, 4.69) is 19.9 Å². The van der Waals surface area contributed by atoms with Gasteiger partial charge in [-0.15, -0.1) is 0 Å². The summed E-state index contributed by atoms with van der Waals surface area (Å²) in [5, 5.41) is 0.628. The van der Waals surface area contributed by atoms with E-state index in [1.165, 1.54) is 11.1 Å². The molecule has 0 aliphatic rings. The Balaban J connectivity index is 2.12. The lowest BCUT2D eigenvalue weighted by Gasteiger charge is -2.16. The van der Waals surface area contributed by atoms with Gasteiger partial charge in [0.15, 0.2) is 0 Å². The Labute approximate surface area is 152 Å². The standard InChI is InChI=1S/C23H20N2O/c1-15-8-11-18(12-9-15)22-24-20-7-5-4-6-19(20)23(26)25(22)21-13-10-16(2)14-17(21)3/h4-14H,1-3H3. The monoisotopic (exact) mass is 340 g/mol. The molecule has 0 bridgehead atoms. The van der Waals surface area contributed by atoms with Crippen molar-refractivity contribution < 1.29 is 0 Å². The maximum atomic E-state index is 13.4. The van der Waals surface area contributed by atoms with Gasteiger partial charge >= 0.3 is 0 Å². The zero-order chi connectivity index (χ0) is 18.3. The van der Waals surface area contributed by atoms with Crippen molar-refractivity contribution in [2.45, 2.75) is 20.8 Å². The molecule has 0 aliphatic heterocycles. The fraction of sp³-hybridized carbons (Fsp3) is 0.130. The number of nitrogens with zero attached hydrogens (tertiary/aromatic N) is 2. The minimum Gasteiger partial charge on any atom is -0.268 e. The van der Waals surface area contributed by atoms with Crippen LogP contribution in [0, 0.1) is 20.8 Å². The van der Waals surface area contributed by atoms with Crippen LogP contribution < -0.4 is 5.56 Å². The molecule has 0 saturated carbocycles. The fourth-order valence-corrected chi connectivity index (χ4v) is 3.31. The van der Waals surface area contributed by atoms with Gasteiger partial charge in [-0.05, 0) is 44.5 Å². The Kier molecular flexibility index (Phi) is 3.92. The van der Waals surface area contributed by atoms with Gasteiger partial charge in [-0.2, -0.15) is 0 Å². The Hall–Kier alpha value is -3.20. The second kappa shape index (κ2) is 6.26. The van der Waals surface area contributed by atoms with Gasteiger partial charge in [0.2, 0.25) is 0 Å². The van der Waals surface area contributed by atoms with Crippen molar-refractivity contribution in [1.82, 2.24) is 9.55 Å². The molecule has 4 aromatic rings. The Morgan fingerprint density at radius 3 is 2.23 bits per heavy atom. The van der Waals surface area contributed by atoms with Gasteiger partial charge in [0.25, 0.3) is 5.56 Å². The number of benzene rings is 3. The number of rotatable bonds is 2. The molecule has 1 heterocycles. The van der Waals surface area contributed by atoms with Crippen LogP contribution >= 0.6 is 0 Å². The zero-order valence-electron chi connectivity index (χ0n) is 15.2. The van der Waals surface area contributed by atoms with Crippen LogP contribution in [0.4, 0.5) is 0 Å². The second-order valence-electron chi connectivity index (χ2n) is 6.75. The third-order valence-electron chi connectivity index (χ3n) is 4.68. The van der Waals surface area contributed by atoms with Crippen LogP contribution in [0.15, 0.2) is 71.5 Å². The van der Waals surface area contributed by atoms with E-state index in [1.54, 1.807) is 4.57 Å². The molecule has 0 amide bonds. The third kappa shape index (κ3) is 2.72. The van der Waals surface area contributed by atoms with E-state index in [1.807, 2.05) is 67.6 Å². The summed E-state index contributed by atoms with van der Waals surface area (Å²) in [6.07, 6.45) is 0. The zero-order valence-corrected chi connectivity index (χ0v) is 15.2. The van der Waals surface area contributed by atoms with Crippen LogP contribution in [-0.4, -0.2) is 9.55 Å². The normalized spacial score (nSPS) is 11.0. The van der Waals surface area contributed by atoms with Gasteiger partial charge < -0.3 is 0 Å². The number of hydrogen-bond acceptors (Lipinski definition) is 2. The molecule has 4 rings (SSSR count). The molecule has 0 saturated heterocycles. The van der Waals surface area contributed by atoms with Crippen LogP contribution in [0.5, 0.6) is 0 Å². The molecule has 0 spiro atoms. The van der Waals surface area contributed by atoms with Crippen molar-refractivity contribution in [3.63, 3.8) is 0 Å². The molecular weight excluding hydrogens is 320 g/mol. The van der Waals surface area contributed by atoms with Crippen LogP contribution in [0.1, 0.15) is 16.7 Å². The van der Waals surface area contributed by atoms with Gasteiger partial charge in [0.05, 0.1) is 16.6 Å². The number of fused-ring (bicyclic) bond motifs is 1. The minimum absolute atomic E-state index is 0.0434. The van der Waals surface area contributed by atoms with Crippen molar-refractivity contribution in [2.75, 3.05) is 0 Å². The molecule has 26 heavy (non-hydrogen) atoms. The molecule has 0 N–H and O–H groups in total. The largest absolute Gasteiger partial charge is 0.268 e. The van der Waals surface area contributed by atoms with Crippen LogP contribution in [0.2, 0.25) is 0 Å². The van der Waals surface area contributed by atoms with E-state index in [0.29, 0.717) is 16.7 Å². The topological polar surface area (TPSA) is 34.9 Å². The van der Waals surface area contributed by atoms with Gasteiger partial charge in [-0.25, -0.2) is 4.98 Å². The lowest BCUT2D eigenvalue weighted by atomic mass is 10.1. The number of aryl methyl sites for hydroxylation is 3. The van der Waals surface area contributed by atoms with E-state index >= 15 is 0 Å².